The molecular weight excluding hydrogens is 331 g/mol. The minimum Gasteiger partial charge on any atom is -0.494 e. The summed E-state index contributed by atoms with van der Waals surface area (Å²) in [5.74, 6) is 0.738. The van der Waals surface area contributed by atoms with Gasteiger partial charge in [0.25, 0.3) is 0 Å². The van der Waals surface area contributed by atoms with Gasteiger partial charge in [-0.05, 0) is 48.7 Å². The molecule has 0 amide bonds. The van der Waals surface area contributed by atoms with Gasteiger partial charge in [0.15, 0.2) is 0 Å². The molecule has 0 aliphatic carbocycles. The molecule has 2 aromatic rings. The van der Waals surface area contributed by atoms with E-state index in [4.69, 9.17) is 4.74 Å². The van der Waals surface area contributed by atoms with Crippen LogP contribution in [-0.2, 0) is 6.54 Å². The largest absolute Gasteiger partial charge is 0.494 e. The lowest BCUT2D eigenvalue weighted by atomic mass is 10.1. The predicted molar refractivity (Wildman–Crippen MR) is 103 cm³/mol. The molecule has 5 heteroatoms. The number of nitrogens with one attached hydrogen (secondary N) is 1. The zero-order valence-electron chi connectivity index (χ0n) is 15.8. The molecule has 0 unspecified atom stereocenters. The van der Waals surface area contributed by atoms with E-state index >= 15 is 0 Å². The maximum absolute atomic E-state index is 14.1. The standard InChI is InChI=1S/C21H29FN2O2/c1-4-5-12-26-17-8-6-16(7-9-17)19-11-10-18(22)20(24-19)13-23-21(14-25)15(2)3/h6-11,15,21,23,25H,4-5,12-14H2,1-3H3/t21-/m0/s1. The van der Waals surface area contributed by atoms with Crippen LogP contribution in [0.3, 0.4) is 0 Å². The molecular formula is C21H29FN2O2. The first-order valence-corrected chi connectivity index (χ1v) is 9.28. The Morgan fingerprint density at radius 1 is 1.15 bits per heavy atom. The van der Waals surface area contributed by atoms with Gasteiger partial charge in [-0.15, -0.1) is 0 Å². The maximum Gasteiger partial charge on any atom is 0.146 e. The van der Waals surface area contributed by atoms with Crippen molar-refractivity contribution in [2.75, 3.05) is 13.2 Å². The van der Waals surface area contributed by atoms with Crippen LogP contribution in [0.5, 0.6) is 5.75 Å². The summed E-state index contributed by atoms with van der Waals surface area (Å²) in [7, 11) is 0. The fraction of sp³-hybridized carbons (Fsp3) is 0.476. The molecule has 0 aliphatic heterocycles. The number of aliphatic hydroxyl groups excluding tert-OH is 1. The fourth-order valence-electron chi connectivity index (χ4n) is 2.56. The van der Waals surface area contributed by atoms with Crippen LogP contribution in [-0.4, -0.2) is 29.3 Å². The Kier molecular flexibility index (Phi) is 8.01. The molecule has 0 radical (unpaired) electrons. The summed E-state index contributed by atoms with van der Waals surface area (Å²) in [6.07, 6.45) is 2.13. The Morgan fingerprint density at radius 3 is 2.50 bits per heavy atom. The Hall–Kier alpha value is -1.98. The van der Waals surface area contributed by atoms with Crippen molar-refractivity contribution >= 4 is 0 Å². The second-order valence-corrected chi connectivity index (χ2v) is 6.77. The quantitative estimate of drug-likeness (QED) is 0.624. The molecule has 0 saturated heterocycles. The fourth-order valence-corrected chi connectivity index (χ4v) is 2.56. The first-order chi connectivity index (χ1) is 12.5. The van der Waals surface area contributed by atoms with Gasteiger partial charge >= 0.3 is 0 Å². The number of halogens is 1. The number of pyridine rings is 1. The Balaban J connectivity index is 2.08. The molecule has 4 nitrogen and oxygen atoms in total. The minimum absolute atomic E-state index is 0.0124. The molecule has 26 heavy (non-hydrogen) atoms. The number of rotatable bonds is 10. The molecule has 1 aromatic carbocycles. The third-order valence-corrected chi connectivity index (χ3v) is 4.37. The van der Waals surface area contributed by atoms with Crippen molar-refractivity contribution < 1.29 is 14.2 Å². The van der Waals surface area contributed by atoms with Gasteiger partial charge in [0, 0.05) is 18.2 Å². The van der Waals surface area contributed by atoms with Crippen molar-refractivity contribution in [3.05, 3.63) is 47.9 Å². The molecule has 1 heterocycles. The van der Waals surface area contributed by atoms with Crippen LogP contribution in [0.2, 0.25) is 0 Å². The van der Waals surface area contributed by atoms with Gasteiger partial charge < -0.3 is 15.2 Å². The summed E-state index contributed by atoms with van der Waals surface area (Å²) < 4.78 is 19.8. The lowest BCUT2D eigenvalue weighted by molar-refractivity contribution is 0.209. The van der Waals surface area contributed by atoms with Gasteiger partial charge in [-0.25, -0.2) is 9.37 Å². The van der Waals surface area contributed by atoms with E-state index in [1.165, 1.54) is 6.07 Å². The molecule has 0 aliphatic rings. The highest BCUT2D eigenvalue weighted by atomic mass is 19.1. The van der Waals surface area contributed by atoms with Crippen LogP contribution in [0, 0.1) is 11.7 Å². The van der Waals surface area contributed by atoms with Gasteiger partial charge in [0.05, 0.1) is 24.6 Å². The summed E-state index contributed by atoms with van der Waals surface area (Å²) in [5, 5.41) is 12.6. The van der Waals surface area contributed by atoms with Crippen LogP contribution in [0.4, 0.5) is 4.39 Å². The average molecular weight is 360 g/mol. The number of hydrogen-bond donors (Lipinski definition) is 2. The number of nitrogens with zero attached hydrogens (tertiary/aromatic N) is 1. The molecule has 1 atom stereocenters. The number of ether oxygens (including phenoxy) is 1. The Labute approximate surface area is 155 Å². The van der Waals surface area contributed by atoms with E-state index in [1.807, 2.05) is 38.1 Å². The normalized spacial score (nSPS) is 12.4. The Morgan fingerprint density at radius 2 is 1.88 bits per heavy atom. The smallest absolute Gasteiger partial charge is 0.146 e. The highest BCUT2D eigenvalue weighted by Gasteiger charge is 2.14. The number of hydrogen-bond acceptors (Lipinski definition) is 4. The molecule has 2 N–H and O–H groups in total. The molecule has 0 saturated carbocycles. The van der Waals surface area contributed by atoms with E-state index in [0.717, 1.165) is 24.2 Å². The van der Waals surface area contributed by atoms with Gasteiger partial charge in [-0.1, -0.05) is 27.2 Å². The monoisotopic (exact) mass is 360 g/mol. The molecule has 0 spiro atoms. The second kappa shape index (κ2) is 10.2. The van der Waals surface area contributed by atoms with E-state index in [9.17, 15) is 9.50 Å². The topological polar surface area (TPSA) is 54.4 Å². The van der Waals surface area contributed by atoms with E-state index in [-0.39, 0.29) is 30.9 Å². The van der Waals surface area contributed by atoms with Crippen molar-refractivity contribution in [3.8, 4) is 17.0 Å². The Bertz CT molecular complexity index is 674. The molecule has 0 bridgehead atoms. The van der Waals surface area contributed by atoms with Crippen LogP contribution >= 0.6 is 0 Å². The van der Waals surface area contributed by atoms with Gasteiger partial charge in [0.1, 0.15) is 11.6 Å². The van der Waals surface area contributed by atoms with Crippen LogP contribution in [0.25, 0.3) is 11.3 Å². The summed E-state index contributed by atoms with van der Waals surface area (Å²) >= 11 is 0. The van der Waals surface area contributed by atoms with Crippen molar-refractivity contribution in [3.63, 3.8) is 0 Å². The lowest BCUT2D eigenvalue weighted by Crippen LogP contribution is -2.36. The SMILES string of the molecule is CCCCOc1ccc(-c2ccc(F)c(CN[C@@H](CO)C(C)C)n2)cc1. The van der Waals surface area contributed by atoms with E-state index in [1.54, 1.807) is 6.07 Å². The van der Waals surface area contributed by atoms with Gasteiger partial charge in [-0.3, -0.25) is 0 Å². The van der Waals surface area contributed by atoms with Gasteiger partial charge in [-0.2, -0.15) is 0 Å². The van der Waals surface area contributed by atoms with Crippen molar-refractivity contribution in [1.29, 1.82) is 0 Å². The average Bonchev–Trinajstić information content (AvgIpc) is 2.64. The van der Waals surface area contributed by atoms with Crippen molar-refractivity contribution in [1.82, 2.24) is 10.3 Å². The van der Waals surface area contributed by atoms with Crippen molar-refractivity contribution in [2.24, 2.45) is 5.92 Å². The number of aromatic nitrogens is 1. The molecule has 2 rings (SSSR count). The zero-order chi connectivity index (χ0) is 18.9. The molecule has 142 valence electrons. The second-order valence-electron chi connectivity index (χ2n) is 6.77. The van der Waals surface area contributed by atoms with E-state index in [0.29, 0.717) is 18.0 Å². The van der Waals surface area contributed by atoms with Gasteiger partial charge in [0.2, 0.25) is 0 Å². The van der Waals surface area contributed by atoms with E-state index in [2.05, 4.69) is 17.2 Å². The highest BCUT2D eigenvalue weighted by molar-refractivity contribution is 5.60. The lowest BCUT2D eigenvalue weighted by Gasteiger charge is -2.20. The van der Waals surface area contributed by atoms with E-state index < -0.39 is 0 Å². The summed E-state index contributed by atoms with van der Waals surface area (Å²) in [6, 6.07) is 10.7. The third kappa shape index (κ3) is 5.78. The van der Waals surface area contributed by atoms with Crippen LogP contribution < -0.4 is 10.1 Å². The first-order valence-electron chi connectivity index (χ1n) is 9.28. The first kappa shape index (κ1) is 20.3. The molecule has 0 fully saturated rings. The summed E-state index contributed by atoms with van der Waals surface area (Å²) in [5.41, 5.74) is 1.98. The number of unbranched alkanes of at least 4 members (excludes halogenated alkanes) is 1. The predicted octanol–water partition coefficient (Wildman–Crippen LogP) is 4.17. The van der Waals surface area contributed by atoms with Crippen LogP contribution in [0.15, 0.2) is 36.4 Å². The van der Waals surface area contributed by atoms with Crippen molar-refractivity contribution in [2.45, 2.75) is 46.2 Å². The van der Waals surface area contributed by atoms with Crippen LogP contribution in [0.1, 0.15) is 39.3 Å². The minimum atomic E-state index is -0.346. The highest BCUT2D eigenvalue weighted by Crippen LogP contribution is 2.22. The summed E-state index contributed by atoms with van der Waals surface area (Å²) in [4.78, 5) is 4.45. The molecule has 1 aromatic heterocycles. The maximum atomic E-state index is 14.1. The number of benzene rings is 1. The number of aliphatic hydroxyl groups is 1. The summed E-state index contributed by atoms with van der Waals surface area (Å²) in [6.45, 7) is 7.15. The zero-order valence-corrected chi connectivity index (χ0v) is 15.8. The third-order valence-electron chi connectivity index (χ3n) is 4.37.